The number of hydrogen-bond acceptors (Lipinski definition) is 2. The molecule has 0 spiro atoms. The quantitative estimate of drug-likeness (QED) is 0.650. The molecule has 76 valence electrons. The number of nitrogens with two attached hydrogens (primary N) is 1. The maximum atomic E-state index is 11.6. The van der Waals surface area contributed by atoms with Gasteiger partial charge < -0.3 is 5.73 Å². The molecular formula is C11H14BrNO. The summed E-state index contributed by atoms with van der Waals surface area (Å²) in [5.74, 6) is 0.200. The van der Waals surface area contributed by atoms with Crippen molar-refractivity contribution in [2.75, 3.05) is 6.54 Å². The Hall–Kier alpha value is -0.670. The average molecular weight is 256 g/mol. The van der Waals surface area contributed by atoms with E-state index in [-0.39, 0.29) is 5.78 Å². The molecule has 0 saturated carbocycles. The standard InChI is InChI=1S/C11H14BrNO/c12-10-6-4-9(5-7-10)11(14)3-1-2-8-13/h4-7H,1-3,8,13H2. The highest BCUT2D eigenvalue weighted by Gasteiger charge is 2.04. The molecule has 2 N–H and O–H groups in total. The minimum atomic E-state index is 0.200. The second kappa shape index (κ2) is 5.94. The predicted molar refractivity (Wildman–Crippen MR) is 61.4 cm³/mol. The first kappa shape index (κ1) is 11.4. The van der Waals surface area contributed by atoms with Crippen molar-refractivity contribution in [3.8, 4) is 0 Å². The molecule has 0 atom stereocenters. The van der Waals surface area contributed by atoms with Crippen molar-refractivity contribution in [3.05, 3.63) is 34.3 Å². The molecule has 1 aromatic carbocycles. The Balaban J connectivity index is 2.48. The van der Waals surface area contributed by atoms with E-state index in [9.17, 15) is 4.79 Å². The van der Waals surface area contributed by atoms with Crippen LogP contribution >= 0.6 is 15.9 Å². The van der Waals surface area contributed by atoms with Crippen LogP contribution in [0.2, 0.25) is 0 Å². The minimum absolute atomic E-state index is 0.200. The van der Waals surface area contributed by atoms with Gasteiger partial charge in [0.15, 0.2) is 5.78 Å². The Kier molecular flexibility index (Phi) is 4.84. The van der Waals surface area contributed by atoms with Gasteiger partial charge >= 0.3 is 0 Å². The lowest BCUT2D eigenvalue weighted by molar-refractivity contribution is 0.0979. The topological polar surface area (TPSA) is 43.1 Å². The Bertz CT molecular complexity index is 295. The summed E-state index contributed by atoms with van der Waals surface area (Å²) in [6.45, 7) is 0.660. The number of rotatable bonds is 5. The summed E-state index contributed by atoms with van der Waals surface area (Å²) in [5, 5.41) is 0. The molecule has 2 nitrogen and oxygen atoms in total. The van der Waals surface area contributed by atoms with Gasteiger partial charge in [-0.2, -0.15) is 0 Å². The lowest BCUT2D eigenvalue weighted by atomic mass is 10.1. The Morgan fingerprint density at radius 1 is 1.21 bits per heavy atom. The van der Waals surface area contributed by atoms with E-state index in [4.69, 9.17) is 5.73 Å². The van der Waals surface area contributed by atoms with E-state index in [2.05, 4.69) is 15.9 Å². The molecule has 0 saturated heterocycles. The molecule has 0 aliphatic carbocycles. The number of hydrogen-bond donors (Lipinski definition) is 1. The molecule has 0 fully saturated rings. The number of Topliss-reactive ketones (excluding diaryl/α,β-unsaturated/α-hetero) is 1. The van der Waals surface area contributed by atoms with Gasteiger partial charge in [0, 0.05) is 16.5 Å². The lowest BCUT2D eigenvalue weighted by Crippen LogP contribution is -2.02. The number of carbonyl (C=O) groups excluding carboxylic acids is 1. The van der Waals surface area contributed by atoms with Gasteiger partial charge in [-0.05, 0) is 31.5 Å². The SMILES string of the molecule is NCCCCC(=O)c1ccc(Br)cc1. The molecule has 0 aliphatic heterocycles. The van der Waals surface area contributed by atoms with Crippen molar-refractivity contribution in [1.29, 1.82) is 0 Å². The van der Waals surface area contributed by atoms with Crippen LogP contribution in [0, 0.1) is 0 Å². The number of unbranched alkanes of at least 4 members (excludes halogenated alkanes) is 1. The average Bonchev–Trinajstić information content (AvgIpc) is 2.19. The molecule has 0 heterocycles. The maximum Gasteiger partial charge on any atom is 0.162 e. The lowest BCUT2D eigenvalue weighted by Gasteiger charge is -2.00. The third-order valence-electron chi connectivity index (χ3n) is 2.02. The monoisotopic (exact) mass is 255 g/mol. The van der Waals surface area contributed by atoms with Gasteiger partial charge in [-0.1, -0.05) is 28.1 Å². The smallest absolute Gasteiger partial charge is 0.162 e. The third-order valence-corrected chi connectivity index (χ3v) is 2.55. The van der Waals surface area contributed by atoms with Crippen molar-refractivity contribution in [3.63, 3.8) is 0 Å². The molecule has 0 unspecified atom stereocenters. The van der Waals surface area contributed by atoms with Crippen LogP contribution in [0.4, 0.5) is 0 Å². The minimum Gasteiger partial charge on any atom is -0.330 e. The van der Waals surface area contributed by atoms with E-state index in [1.807, 2.05) is 24.3 Å². The first-order chi connectivity index (χ1) is 6.74. The van der Waals surface area contributed by atoms with Crippen molar-refractivity contribution in [2.24, 2.45) is 5.73 Å². The van der Waals surface area contributed by atoms with Crippen LogP contribution in [-0.4, -0.2) is 12.3 Å². The van der Waals surface area contributed by atoms with Gasteiger partial charge in [0.1, 0.15) is 0 Å². The number of benzene rings is 1. The van der Waals surface area contributed by atoms with E-state index in [1.165, 1.54) is 0 Å². The van der Waals surface area contributed by atoms with Gasteiger partial charge in [0.25, 0.3) is 0 Å². The Morgan fingerprint density at radius 3 is 2.43 bits per heavy atom. The van der Waals surface area contributed by atoms with Gasteiger partial charge in [-0.3, -0.25) is 4.79 Å². The van der Waals surface area contributed by atoms with Gasteiger partial charge in [0.2, 0.25) is 0 Å². The van der Waals surface area contributed by atoms with Gasteiger partial charge in [0.05, 0.1) is 0 Å². The van der Waals surface area contributed by atoms with E-state index in [0.29, 0.717) is 13.0 Å². The largest absolute Gasteiger partial charge is 0.330 e. The van der Waals surface area contributed by atoms with Crippen molar-refractivity contribution in [1.82, 2.24) is 0 Å². The Morgan fingerprint density at radius 2 is 1.86 bits per heavy atom. The zero-order chi connectivity index (χ0) is 10.4. The van der Waals surface area contributed by atoms with E-state index < -0.39 is 0 Å². The van der Waals surface area contributed by atoms with Crippen LogP contribution in [0.3, 0.4) is 0 Å². The summed E-state index contributed by atoms with van der Waals surface area (Å²) in [4.78, 5) is 11.6. The van der Waals surface area contributed by atoms with Crippen LogP contribution in [0.5, 0.6) is 0 Å². The fourth-order valence-corrected chi connectivity index (χ4v) is 1.47. The number of carbonyl (C=O) groups is 1. The molecule has 0 amide bonds. The van der Waals surface area contributed by atoms with E-state index in [1.54, 1.807) is 0 Å². The maximum absolute atomic E-state index is 11.6. The molecule has 0 aromatic heterocycles. The summed E-state index contributed by atoms with van der Waals surface area (Å²) in [6, 6.07) is 7.45. The molecular weight excluding hydrogens is 242 g/mol. The first-order valence-electron chi connectivity index (χ1n) is 4.73. The highest BCUT2D eigenvalue weighted by Crippen LogP contribution is 2.12. The highest BCUT2D eigenvalue weighted by atomic mass is 79.9. The second-order valence-corrected chi connectivity index (χ2v) is 4.09. The number of halogens is 1. The zero-order valence-electron chi connectivity index (χ0n) is 8.00. The van der Waals surface area contributed by atoms with Crippen LogP contribution in [0.1, 0.15) is 29.6 Å². The Labute approximate surface area is 92.6 Å². The second-order valence-electron chi connectivity index (χ2n) is 3.18. The van der Waals surface area contributed by atoms with Crippen molar-refractivity contribution < 1.29 is 4.79 Å². The summed E-state index contributed by atoms with van der Waals surface area (Å²) in [7, 11) is 0. The molecule has 0 radical (unpaired) electrons. The highest BCUT2D eigenvalue weighted by molar-refractivity contribution is 9.10. The van der Waals surface area contributed by atoms with Crippen molar-refractivity contribution >= 4 is 21.7 Å². The molecule has 1 aromatic rings. The zero-order valence-corrected chi connectivity index (χ0v) is 9.59. The van der Waals surface area contributed by atoms with E-state index in [0.717, 1.165) is 22.9 Å². The van der Waals surface area contributed by atoms with Crippen LogP contribution in [0.15, 0.2) is 28.7 Å². The fraction of sp³-hybridized carbons (Fsp3) is 0.364. The molecule has 0 bridgehead atoms. The normalized spacial score (nSPS) is 10.1. The first-order valence-corrected chi connectivity index (χ1v) is 5.52. The number of ketones is 1. The van der Waals surface area contributed by atoms with Crippen LogP contribution in [-0.2, 0) is 0 Å². The molecule has 0 aliphatic rings. The summed E-state index contributed by atoms with van der Waals surface area (Å²) >= 11 is 3.33. The molecule has 3 heteroatoms. The predicted octanol–water partition coefficient (Wildman–Crippen LogP) is 2.76. The van der Waals surface area contributed by atoms with Crippen LogP contribution in [0.25, 0.3) is 0 Å². The summed E-state index contributed by atoms with van der Waals surface area (Å²) < 4.78 is 0.996. The van der Waals surface area contributed by atoms with Gasteiger partial charge in [-0.25, -0.2) is 0 Å². The van der Waals surface area contributed by atoms with E-state index >= 15 is 0 Å². The van der Waals surface area contributed by atoms with Gasteiger partial charge in [-0.15, -0.1) is 0 Å². The molecule has 1 rings (SSSR count). The third kappa shape index (κ3) is 3.60. The summed E-state index contributed by atoms with van der Waals surface area (Å²) in [6.07, 6.45) is 2.40. The fourth-order valence-electron chi connectivity index (χ4n) is 1.21. The molecule has 14 heavy (non-hydrogen) atoms. The van der Waals surface area contributed by atoms with Crippen LogP contribution < -0.4 is 5.73 Å². The summed E-state index contributed by atoms with van der Waals surface area (Å²) in [5.41, 5.74) is 6.14. The van der Waals surface area contributed by atoms with Crippen molar-refractivity contribution in [2.45, 2.75) is 19.3 Å².